The molecule has 0 bridgehead atoms. The second kappa shape index (κ2) is 9.64. The second-order valence-corrected chi connectivity index (χ2v) is 6.52. The highest BCUT2D eigenvalue weighted by Crippen LogP contribution is 2.34. The van der Waals surface area contributed by atoms with Gasteiger partial charge in [0, 0.05) is 31.0 Å². The van der Waals surface area contributed by atoms with E-state index in [1.165, 1.54) is 0 Å². The Morgan fingerprint density at radius 2 is 1.83 bits per heavy atom. The zero-order valence-corrected chi connectivity index (χ0v) is 17.0. The van der Waals surface area contributed by atoms with Crippen LogP contribution in [-0.2, 0) is 6.54 Å². The van der Waals surface area contributed by atoms with Crippen LogP contribution in [0.5, 0.6) is 11.5 Å². The molecule has 1 heterocycles. The minimum absolute atomic E-state index is 0.203. The van der Waals surface area contributed by atoms with Gasteiger partial charge in [0.15, 0.2) is 11.5 Å². The molecule has 0 saturated carbocycles. The zero-order valence-electron chi connectivity index (χ0n) is 17.0. The van der Waals surface area contributed by atoms with Crippen molar-refractivity contribution in [1.82, 2.24) is 14.9 Å². The highest BCUT2D eigenvalue weighted by molar-refractivity contribution is 5.99. The SMILES string of the molecule is COc1ccc(N(C(=O)NCCCn2cncc2C)c2ccccc2)cc1OC. The molecule has 0 aliphatic heterocycles. The van der Waals surface area contributed by atoms with Crippen LogP contribution in [0.4, 0.5) is 16.2 Å². The van der Waals surface area contributed by atoms with Crippen molar-refractivity contribution >= 4 is 17.4 Å². The lowest BCUT2D eigenvalue weighted by Crippen LogP contribution is -2.37. The standard InChI is InChI=1S/C22H26N4O3/c1-17-15-23-16-25(17)13-7-12-24-22(27)26(18-8-5-4-6-9-18)19-10-11-20(28-2)21(14-19)29-3/h4-6,8-11,14-16H,7,12-13H2,1-3H3,(H,24,27). The third kappa shape index (κ3) is 4.87. The first kappa shape index (κ1) is 20.3. The predicted octanol–water partition coefficient (Wildman–Crippen LogP) is 4.15. The van der Waals surface area contributed by atoms with Crippen molar-refractivity contribution < 1.29 is 14.3 Å². The van der Waals surface area contributed by atoms with Gasteiger partial charge in [0.25, 0.3) is 0 Å². The Morgan fingerprint density at radius 1 is 1.07 bits per heavy atom. The smallest absolute Gasteiger partial charge is 0.326 e. The average molecular weight is 394 g/mol. The van der Waals surface area contributed by atoms with Crippen molar-refractivity contribution in [3.05, 3.63) is 66.7 Å². The van der Waals surface area contributed by atoms with Crippen LogP contribution >= 0.6 is 0 Å². The van der Waals surface area contributed by atoms with Crippen molar-refractivity contribution in [3.8, 4) is 11.5 Å². The summed E-state index contributed by atoms with van der Waals surface area (Å²) in [4.78, 5) is 18.8. The third-order valence-corrected chi connectivity index (χ3v) is 4.62. The number of hydrogen-bond acceptors (Lipinski definition) is 4. The van der Waals surface area contributed by atoms with Crippen LogP contribution in [0.25, 0.3) is 0 Å². The van der Waals surface area contributed by atoms with Gasteiger partial charge < -0.3 is 19.4 Å². The fourth-order valence-electron chi connectivity index (χ4n) is 3.07. The van der Waals surface area contributed by atoms with Crippen LogP contribution in [0.1, 0.15) is 12.1 Å². The topological polar surface area (TPSA) is 68.6 Å². The molecular formula is C22H26N4O3. The number of urea groups is 1. The largest absolute Gasteiger partial charge is 0.493 e. The quantitative estimate of drug-likeness (QED) is 0.583. The fourth-order valence-corrected chi connectivity index (χ4v) is 3.07. The Bertz CT molecular complexity index is 940. The fraction of sp³-hybridized carbons (Fsp3) is 0.273. The first-order chi connectivity index (χ1) is 14.1. The number of nitrogens with one attached hydrogen (secondary N) is 1. The van der Waals surface area contributed by atoms with Gasteiger partial charge in [-0.15, -0.1) is 0 Å². The Morgan fingerprint density at radius 3 is 2.48 bits per heavy atom. The van der Waals surface area contributed by atoms with Gasteiger partial charge in [-0.25, -0.2) is 9.78 Å². The Balaban J connectivity index is 1.75. The summed E-state index contributed by atoms with van der Waals surface area (Å²) >= 11 is 0. The van der Waals surface area contributed by atoms with E-state index >= 15 is 0 Å². The maximum atomic E-state index is 13.1. The van der Waals surface area contributed by atoms with Crippen LogP contribution in [0.3, 0.4) is 0 Å². The molecule has 0 unspecified atom stereocenters. The molecule has 1 aromatic heterocycles. The van der Waals surface area contributed by atoms with Gasteiger partial charge in [-0.1, -0.05) is 18.2 Å². The zero-order chi connectivity index (χ0) is 20.6. The van der Waals surface area contributed by atoms with Gasteiger partial charge in [-0.05, 0) is 37.6 Å². The van der Waals surface area contributed by atoms with Crippen LogP contribution in [-0.4, -0.2) is 36.3 Å². The molecule has 0 saturated heterocycles. The molecule has 2 aromatic carbocycles. The Kier molecular flexibility index (Phi) is 6.73. The normalized spacial score (nSPS) is 10.4. The molecule has 0 aliphatic rings. The van der Waals surface area contributed by atoms with Gasteiger partial charge in [0.2, 0.25) is 0 Å². The van der Waals surface area contributed by atoms with Crippen molar-refractivity contribution in [2.45, 2.75) is 19.9 Å². The van der Waals surface area contributed by atoms with Gasteiger partial charge in [0.1, 0.15) is 0 Å². The van der Waals surface area contributed by atoms with Gasteiger partial charge >= 0.3 is 6.03 Å². The maximum absolute atomic E-state index is 13.1. The lowest BCUT2D eigenvalue weighted by atomic mass is 10.2. The molecule has 0 aliphatic carbocycles. The molecule has 0 fully saturated rings. The number of carbonyl (C=O) groups excluding carboxylic acids is 1. The molecule has 2 amide bonds. The first-order valence-corrected chi connectivity index (χ1v) is 9.46. The number of carbonyl (C=O) groups is 1. The predicted molar refractivity (Wildman–Crippen MR) is 113 cm³/mol. The molecule has 7 nitrogen and oxygen atoms in total. The lowest BCUT2D eigenvalue weighted by Gasteiger charge is -2.24. The van der Waals surface area contributed by atoms with E-state index < -0.39 is 0 Å². The summed E-state index contributed by atoms with van der Waals surface area (Å²) in [7, 11) is 3.16. The van der Waals surface area contributed by atoms with Gasteiger partial charge in [0.05, 0.1) is 31.9 Å². The number of benzene rings is 2. The summed E-state index contributed by atoms with van der Waals surface area (Å²) < 4.78 is 12.8. The highest BCUT2D eigenvalue weighted by Gasteiger charge is 2.19. The highest BCUT2D eigenvalue weighted by atomic mass is 16.5. The second-order valence-electron chi connectivity index (χ2n) is 6.52. The molecule has 0 radical (unpaired) electrons. The summed E-state index contributed by atoms with van der Waals surface area (Å²) in [6.45, 7) is 3.36. The number of hydrogen-bond donors (Lipinski definition) is 1. The van der Waals surface area contributed by atoms with Crippen molar-refractivity contribution in [3.63, 3.8) is 0 Å². The van der Waals surface area contributed by atoms with E-state index in [4.69, 9.17) is 9.47 Å². The summed E-state index contributed by atoms with van der Waals surface area (Å²) in [6.07, 6.45) is 4.43. The number of imidazole rings is 1. The summed E-state index contributed by atoms with van der Waals surface area (Å²) in [5.74, 6) is 1.18. The number of aromatic nitrogens is 2. The van der Waals surface area contributed by atoms with Crippen LogP contribution < -0.4 is 19.7 Å². The minimum Gasteiger partial charge on any atom is -0.493 e. The molecule has 3 rings (SSSR count). The van der Waals surface area contributed by atoms with Crippen LogP contribution in [0.2, 0.25) is 0 Å². The average Bonchev–Trinajstić information content (AvgIpc) is 3.16. The number of nitrogens with zero attached hydrogens (tertiary/aromatic N) is 3. The minimum atomic E-state index is -0.203. The molecule has 3 aromatic rings. The number of ether oxygens (including phenoxy) is 2. The molecule has 7 heteroatoms. The first-order valence-electron chi connectivity index (χ1n) is 9.46. The van der Waals surface area contributed by atoms with E-state index in [1.54, 1.807) is 37.6 Å². The maximum Gasteiger partial charge on any atom is 0.326 e. The number of para-hydroxylation sites is 1. The monoisotopic (exact) mass is 394 g/mol. The molecule has 0 spiro atoms. The van der Waals surface area contributed by atoms with E-state index in [2.05, 4.69) is 14.9 Å². The third-order valence-electron chi connectivity index (χ3n) is 4.62. The summed E-state index contributed by atoms with van der Waals surface area (Å²) in [6, 6.07) is 14.7. The lowest BCUT2D eigenvalue weighted by molar-refractivity contribution is 0.248. The van der Waals surface area contributed by atoms with Gasteiger partial charge in [-0.3, -0.25) is 4.90 Å². The molecular weight excluding hydrogens is 368 g/mol. The van der Waals surface area contributed by atoms with Crippen molar-refractivity contribution in [2.24, 2.45) is 0 Å². The number of rotatable bonds is 8. The van der Waals surface area contributed by atoms with E-state index in [0.717, 1.165) is 24.3 Å². The molecule has 0 atom stereocenters. The molecule has 1 N–H and O–H groups in total. The van der Waals surface area contributed by atoms with E-state index in [0.29, 0.717) is 23.7 Å². The number of anilines is 2. The number of methoxy groups -OCH3 is 2. The number of aryl methyl sites for hydroxylation is 2. The van der Waals surface area contributed by atoms with Gasteiger partial charge in [-0.2, -0.15) is 0 Å². The van der Waals surface area contributed by atoms with Crippen LogP contribution in [0, 0.1) is 6.92 Å². The van der Waals surface area contributed by atoms with Crippen molar-refractivity contribution in [2.75, 3.05) is 25.7 Å². The Hall–Kier alpha value is -3.48. The molecule has 29 heavy (non-hydrogen) atoms. The van der Waals surface area contributed by atoms with E-state index in [-0.39, 0.29) is 6.03 Å². The van der Waals surface area contributed by atoms with E-state index in [9.17, 15) is 4.79 Å². The summed E-state index contributed by atoms with van der Waals surface area (Å²) in [5.41, 5.74) is 2.56. The van der Waals surface area contributed by atoms with Crippen molar-refractivity contribution in [1.29, 1.82) is 0 Å². The number of amides is 2. The van der Waals surface area contributed by atoms with Crippen LogP contribution in [0.15, 0.2) is 61.1 Å². The Labute approximate surface area is 170 Å². The molecule has 152 valence electrons. The summed E-state index contributed by atoms with van der Waals surface area (Å²) in [5, 5.41) is 3.01. The van der Waals surface area contributed by atoms with E-state index in [1.807, 2.05) is 49.5 Å².